The van der Waals surface area contributed by atoms with Gasteiger partial charge in [0, 0.05) is 18.4 Å². The third kappa shape index (κ3) is 3.21. The van der Waals surface area contributed by atoms with E-state index in [2.05, 4.69) is 10.3 Å². The van der Waals surface area contributed by atoms with Gasteiger partial charge in [-0.3, -0.25) is 4.79 Å². The normalized spacial score (nSPS) is 12.4. The topological polar surface area (TPSA) is 75.4 Å². The molecule has 1 unspecified atom stereocenters. The minimum absolute atomic E-state index is 0.0112. The summed E-state index contributed by atoms with van der Waals surface area (Å²) in [6.07, 6.45) is 0.471. The summed E-state index contributed by atoms with van der Waals surface area (Å²) in [5.74, 6) is 0.402. The van der Waals surface area contributed by atoms with Crippen molar-refractivity contribution in [3.8, 4) is 0 Å². The molecule has 0 aliphatic rings. The van der Waals surface area contributed by atoms with E-state index in [1.54, 1.807) is 25.2 Å². The van der Waals surface area contributed by atoms with Crippen LogP contribution in [0, 0.1) is 13.8 Å². The predicted octanol–water partition coefficient (Wildman–Crippen LogP) is 2.21. The third-order valence-electron chi connectivity index (χ3n) is 2.72. The Bertz CT molecular complexity index is 548. The van der Waals surface area contributed by atoms with Crippen molar-refractivity contribution in [2.45, 2.75) is 26.3 Å². The summed E-state index contributed by atoms with van der Waals surface area (Å²) in [5, 5.41) is 13.9. The molecule has 0 aromatic carbocycles. The first-order chi connectivity index (χ1) is 9.11. The minimum atomic E-state index is -0.301. The smallest absolute Gasteiger partial charge is 0.289 e. The van der Waals surface area contributed by atoms with Gasteiger partial charge in [0.2, 0.25) is 5.76 Å². The van der Waals surface area contributed by atoms with Gasteiger partial charge in [-0.15, -0.1) is 11.3 Å². The first kappa shape index (κ1) is 13.8. The molecule has 2 heterocycles. The van der Waals surface area contributed by atoms with Gasteiger partial charge in [0.05, 0.1) is 11.7 Å². The SMILES string of the molecule is Cc1nc(C)c(C(=O)NC(CCO)c2cccs2)o1. The molecule has 1 atom stereocenters. The van der Waals surface area contributed by atoms with Crippen LogP contribution in [0.5, 0.6) is 0 Å². The lowest BCUT2D eigenvalue weighted by atomic mass is 10.1. The first-order valence-corrected chi connectivity index (χ1v) is 6.89. The van der Waals surface area contributed by atoms with Gasteiger partial charge < -0.3 is 14.8 Å². The van der Waals surface area contributed by atoms with E-state index < -0.39 is 0 Å². The average molecular weight is 280 g/mol. The van der Waals surface area contributed by atoms with Crippen LogP contribution in [-0.2, 0) is 0 Å². The fraction of sp³-hybridized carbons (Fsp3) is 0.385. The molecule has 0 saturated heterocycles. The monoisotopic (exact) mass is 280 g/mol. The lowest BCUT2D eigenvalue weighted by molar-refractivity contribution is 0.0900. The van der Waals surface area contributed by atoms with Crippen LogP contribution in [0.4, 0.5) is 0 Å². The van der Waals surface area contributed by atoms with E-state index in [4.69, 9.17) is 9.52 Å². The fourth-order valence-electron chi connectivity index (χ4n) is 1.87. The van der Waals surface area contributed by atoms with Crippen LogP contribution in [0.25, 0.3) is 0 Å². The maximum atomic E-state index is 12.1. The maximum absolute atomic E-state index is 12.1. The second kappa shape index (κ2) is 5.99. The summed E-state index contributed by atoms with van der Waals surface area (Å²) >= 11 is 1.55. The van der Waals surface area contributed by atoms with E-state index in [9.17, 15) is 4.79 Å². The zero-order valence-electron chi connectivity index (χ0n) is 10.8. The molecule has 0 bridgehead atoms. The average Bonchev–Trinajstić information content (AvgIpc) is 2.98. The highest BCUT2D eigenvalue weighted by Gasteiger charge is 2.21. The highest BCUT2D eigenvalue weighted by atomic mass is 32.1. The van der Waals surface area contributed by atoms with E-state index in [0.717, 1.165) is 4.88 Å². The molecule has 2 aromatic rings. The molecule has 2 N–H and O–H groups in total. The predicted molar refractivity (Wildman–Crippen MR) is 72.2 cm³/mol. The summed E-state index contributed by atoms with van der Waals surface area (Å²) in [6.45, 7) is 3.45. The first-order valence-electron chi connectivity index (χ1n) is 6.01. The number of hydrogen-bond donors (Lipinski definition) is 2. The number of rotatable bonds is 5. The van der Waals surface area contributed by atoms with Gasteiger partial charge in [-0.2, -0.15) is 0 Å². The van der Waals surface area contributed by atoms with E-state index >= 15 is 0 Å². The van der Waals surface area contributed by atoms with Gasteiger partial charge in [0.25, 0.3) is 5.91 Å². The molecule has 1 amide bonds. The van der Waals surface area contributed by atoms with Crippen LogP contribution in [0.3, 0.4) is 0 Å². The molecule has 102 valence electrons. The molecule has 2 rings (SSSR count). The molecule has 0 saturated carbocycles. The Balaban J connectivity index is 2.13. The Morgan fingerprint density at radius 2 is 2.37 bits per heavy atom. The van der Waals surface area contributed by atoms with Crippen molar-refractivity contribution in [3.63, 3.8) is 0 Å². The number of oxazole rings is 1. The van der Waals surface area contributed by atoms with Crippen molar-refractivity contribution in [2.75, 3.05) is 6.61 Å². The second-order valence-corrected chi connectivity index (χ2v) is 5.18. The van der Waals surface area contributed by atoms with Gasteiger partial charge in [0.1, 0.15) is 0 Å². The number of aliphatic hydroxyl groups excluding tert-OH is 1. The maximum Gasteiger partial charge on any atom is 0.289 e. The quantitative estimate of drug-likeness (QED) is 0.880. The second-order valence-electron chi connectivity index (χ2n) is 4.20. The number of aryl methyl sites for hydroxylation is 2. The molecule has 6 heteroatoms. The standard InChI is InChI=1S/C13H16N2O3S/c1-8-12(18-9(2)14-8)13(17)15-10(5-6-16)11-4-3-7-19-11/h3-4,7,10,16H,5-6H2,1-2H3,(H,15,17). The molecule has 0 radical (unpaired) electrons. The minimum Gasteiger partial charge on any atom is -0.436 e. The molecular weight excluding hydrogens is 264 g/mol. The molecule has 2 aromatic heterocycles. The Labute approximate surface area is 115 Å². The number of aromatic nitrogens is 1. The number of thiophene rings is 1. The van der Waals surface area contributed by atoms with E-state index in [1.807, 2.05) is 17.5 Å². The van der Waals surface area contributed by atoms with Crippen molar-refractivity contribution in [1.29, 1.82) is 0 Å². The van der Waals surface area contributed by atoms with Gasteiger partial charge in [-0.05, 0) is 24.8 Å². The highest BCUT2D eigenvalue weighted by Crippen LogP contribution is 2.22. The van der Waals surface area contributed by atoms with Crippen molar-refractivity contribution >= 4 is 17.2 Å². The van der Waals surface area contributed by atoms with Crippen LogP contribution in [0.2, 0.25) is 0 Å². The highest BCUT2D eigenvalue weighted by molar-refractivity contribution is 7.10. The van der Waals surface area contributed by atoms with E-state index in [1.165, 1.54) is 0 Å². The van der Waals surface area contributed by atoms with Gasteiger partial charge in [0.15, 0.2) is 5.89 Å². The Hall–Kier alpha value is -1.66. The Morgan fingerprint density at radius 3 is 2.89 bits per heavy atom. The number of carbonyl (C=O) groups excluding carboxylic acids is 1. The van der Waals surface area contributed by atoms with Crippen LogP contribution in [0.15, 0.2) is 21.9 Å². The summed E-state index contributed by atoms with van der Waals surface area (Å²) in [6, 6.07) is 3.65. The van der Waals surface area contributed by atoms with Crippen molar-refractivity contribution in [3.05, 3.63) is 39.7 Å². The van der Waals surface area contributed by atoms with Crippen LogP contribution >= 0.6 is 11.3 Å². The number of nitrogens with zero attached hydrogens (tertiary/aromatic N) is 1. The van der Waals surface area contributed by atoms with Crippen LogP contribution < -0.4 is 5.32 Å². The molecule has 0 spiro atoms. The van der Waals surface area contributed by atoms with E-state index in [-0.39, 0.29) is 24.3 Å². The summed E-state index contributed by atoms with van der Waals surface area (Å²) in [7, 11) is 0. The molecule has 0 aliphatic heterocycles. The molecule has 5 nitrogen and oxygen atoms in total. The summed E-state index contributed by atoms with van der Waals surface area (Å²) < 4.78 is 5.29. The number of amides is 1. The lowest BCUT2D eigenvalue weighted by Gasteiger charge is -2.15. The van der Waals surface area contributed by atoms with Crippen LogP contribution in [-0.4, -0.2) is 22.6 Å². The Kier molecular flexibility index (Phi) is 4.34. The third-order valence-corrected chi connectivity index (χ3v) is 3.71. The number of aliphatic hydroxyl groups is 1. The summed E-state index contributed by atoms with van der Waals surface area (Å²) in [4.78, 5) is 17.2. The zero-order chi connectivity index (χ0) is 13.8. The summed E-state index contributed by atoms with van der Waals surface area (Å²) in [5.41, 5.74) is 0.573. The number of carbonyl (C=O) groups is 1. The number of nitrogens with one attached hydrogen (secondary N) is 1. The lowest BCUT2D eigenvalue weighted by Crippen LogP contribution is -2.28. The van der Waals surface area contributed by atoms with Crippen molar-refractivity contribution in [1.82, 2.24) is 10.3 Å². The van der Waals surface area contributed by atoms with Gasteiger partial charge in [-0.25, -0.2) is 4.98 Å². The van der Waals surface area contributed by atoms with Crippen LogP contribution in [0.1, 0.15) is 39.5 Å². The molecule has 0 aliphatic carbocycles. The van der Waals surface area contributed by atoms with E-state index in [0.29, 0.717) is 18.0 Å². The van der Waals surface area contributed by atoms with Gasteiger partial charge in [-0.1, -0.05) is 6.07 Å². The zero-order valence-corrected chi connectivity index (χ0v) is 11.7. The largest absolute Gasteiger partial charge is 0.436 e. The fourth-order valence-corrected chi connectivity index (χ4v) is 2.68. The molecule has 19 heavy (non-hydrogen) atoms. The van der Waals surface area contributed by atoms with Crippen molar-refractivity contribution in [2.24, 2.45) is 0 Å². The number of hydrogen-bond acceptors (Lipinski definition) is 5. The molecule has 0 fully saturated rings. The Morgan fingerprint density at radius 1 is 1.58 bits per heavy atom. The van der Waals surface area contributed by atoms with Crippen molar-refractivity contribution < 1.29 is 14.3 Å². The molecular formula is C13H16N2O3S. The van der Waals surface area contributed by atoms with Gasteiger partial charge >= 0.3 is 0 Å².